The second-order valence-electron chi connectivity index (χ2n) is 4.64. The zero-order valence-electron chi connectivity index (χ0n) is 10.9. The molecule has 2 rings (SSSR count). The Balaban J connectivity index is 2.17. The van der Waals surface area contributed by atoms with Gasteiger partial charge < -0.3 is 10.3 Å². The van der Waals surface area contributed by atoms with Crippen LogP contribution in [0, 0.1) is 0 Å². The molecule has 0 bridgehead atoms. The van der Waals surface area contributed by atoms with Crippen molar-refractivity contribution in [1.29, 1.82) is 0 Å². The van der Waals surface area contributed by atoms with Gasteiger partial charge in [0.1, 0.15) is 5.69 Å². The van der Waals surface area contributed by atoms with Crippen LogP contribution in [0.4, 0.5) is 5.69 Å². The maximum absolute atomic E-state index is 12.0. The van der Waals surface area contributed by atoms with Gasteiger partial charge in [0.15, 0.2) is 0 Å². The van der Waals surface area contributed by atoms with Gasteiger partial charge in [-0.1, -0.05) is 26.0 Å². The Hall–Kier alpha value is -2.36. The highest BCUT2D eigenvalue weighted by atomic mass is 16.2. The van der Waals surface area contributed by atoms with Gasteiger partial charge in [0, 0.05) is 11.8 Å². The molecule has 4 heteroatoms. The quantitative estimate of drug-likeness (QED) is 0.887. The maximum atomic E-state index is 12.0. The predicted octanol–water partition coefficient (Wildman–Crippen LogP) is 2.75. The molecule has 0 fully saturated rings. The first-order valence-corrected chi connectivity index (χ1v) is 6.17. The summed E-state index contributed by atoms with van der Waals surface area (Å²) in [7, 11) is 0. The van der Waals surface area contributed by atoms with E-state index >= 15 is 0 Å². The molecule has 0 saturated carbocycles. The van der Waals surface area contributed by atoms with Crippen molar-refractivity contribution in [2.24, 2.45) is 0 Å². The van der Waals surface area contributed by atoms with Crippen molar-refractivity contribution in [3.05, 3.63) is 64.1 Å². The highest BCUT2D eigenvalue weighted by Gasteiger charge is 2.08. The molecule has 2 N–H and O–H groups in total. The summed E-state index contributed by atoms with van der Waals surface area (Å²) < 4.78 is 0. The van der Waals surface area contributed by atoms with Crippen molar-refractivity contribution in [1.82, 2.24) is 4.98 Å². The van der Waals surface area contributed by atoms with E-state index in [0.717, 1.165) is 0 Å². The summed E-state index contributed by atoms with van der Waals surface area (Å²) in [5.74, 6) is 0.140. The first-order chi connectivity index (χ1) is 9.08. The molecular weight excluding hydrogens is 240 g/mol. The second-order valence-corrected chi connectivity index (χ2v) is 4.64. The molecule has 1 amide bonds. The van der Waals surface area contributed by atoms with E-state index in [1.54, 1.807) is 24.3 Å². The number of aromatic nitrogens is 1. The SMILES string of the molecule is CC(C)c1ccc(C(=O)Nc2ccc[nH]c2=O)cc1. The van der Waals surface area contributed by atoms with Crippen LogP contribution in [0.2, 0.25) is 0 Å². The third kappa shape index (κ3) is 3.10. The van der Waals surface area contributed by atoms with Crippen molar-refractivity contribution in [3.63, 3.8) is 0 Å². The largest absolute Gasteiger partial charge is 0.327 e. The number of H-pyrrole nitrogens is 1. The molecule has 1 heterocycles. The van der Waals surface area contributed by atoms with Gasteiger partial charge in [0.2, 0.25) is 0 Å². The molecule has 2 aromatic rings. The van der Waals surface area contributed by atoms with Crippen LogP contribution < -0.4 is 10.9 Å². The second kappa shape index (κ2) is 5.52. The van der Waals surface area contributed by atoms with Crippen LogP contribution in [0.25, 0.3) is 0 Å². The van der Waals surface area contributed by atoms with Crippen molar-refractivity contribution >= 4 is 11.6 Å². The molecule has 0 spiro atoms. The highest BCUT2D eigenvalue weighted by Crippen LogP contribution is 2.15. The summed E-state index contributed by atoms with van der Waals surface area (Å²) in [6, 6.07) is 10.6. The van der Waals surface area contributed by atoms with Gasteiger partial charge in [-0.2, -0.15) is 0 Å². The monoisotopic (exact) mass is 256 g/mol. The number of hydrogen-bond donors (Lipinski definition) is 2. The average molecular weight is 256 g/mol. The lowest BCUT2D eigenvalue weighted by molar-refractivity contribution is 0.102. The fourth-order valence-corrected chi connectivity index (χ4v) is 1.73. The van der Waals surface area contributed by atoms with E-state index < -0.39 is 0 Å². The molecule has 0 unspecified atom stereocenters. The molecule has 0 aliphatic rings. The third-order valence-electron chi connectivity index (χ3n) is 2.91. The molecule has 0 aliphatic heterocycles. The van der Waals surface area contributed by atoms with Crippen LogP contribution in [0.1, 0.15) is 35.7 Å². The van der Waals surface area contributed by atoms with Crippen molar-refractivity contribution < 1.29 is 4.79 Å². The Bertz CT molecular complexity index is 627. The first kappa shape index (κ1) is 13.1. The normalized spacial score (nSPS) is 10.5. The minimum absolute atomic E-state index is 0.250. The van der Waals surface area contributed by atoms with Crippen LogP contribution in [0.3, 0.4) is 0 Å². The molecular formula is C15H16N2O2. The van der Waals surface area contributed by atoms with Gasteiger partial charge in [0.05, 0.1) is 0 Å². The number of aromatic amines is 1. The van der Waals surface area contributed by atoms with E-state index in [9.17, 15) is 9.59 Å². The molecule has 19 heavy (non-hydrogen) atoms. The van der Waals surface area contributed by atoms with Crippen molar-refractivity contribution in [2.75, 3.05) is 5.32 Å². The molecule has 0 saturated heterocycles. The standard InChI is InChI=1S/C15H16N2O2/c1-10(2)11-5-7-12(8-6-11)14(18)17-13-4-3-9-16-15(13)19/h3-10H,1-2H3,(H,16,19)(H,17,18). The fraction of sp³-hybridized carbons (Fsp3) is 0.200. The van der Waals surface area contributed by atoms with Gasteiger partial charge in [-0.15, -0.1) is 0 Å². The molecule has 0 radical (unpaired) electrons. The van der Waals surface area contributed by atoms with E-state index in [1.807, 2.05) is 12.1 Å². The fourth-order valence-electron chi connectivity index (χ4n) is 1.73. The summed E-state index contributed by atoms with van der Waals surface area (Å²) in [4.78, 5) is 26.0. The van der Waals surface area contributed by atoms with Gasteiger partial charge >= 0.3 is 0 Å². The van der Waals surface area contributed by atoms with E-state index in [0.29, 0.717) is 11.5 Å². The molecule has 1 aromatic heterocycles. The number of carbonyl (C=O) groups excluding carboxylic acids is 1. The van der Waals surface area contributed by atoms with E-state index in [2.05, 4.69) is 24.1 Å². The Kier molecular flexibility index (Phi) is 3.80. The average Bonchev–Trinajstić information content (AvgIpc) is 2.41. The van der Waals surface area contributed by atoms with Gasteiger partial charge in [-0.05, 0) is 35.7 Å². The Morgan fingerprint density at radius 1 is 1.16 bits per heavy atom. The number of anilines is 1. The molecule has 98 valence electrons. The number of amides is 1. The van der Waals surface area contributed by atoms with Crippen LogP contribution in [-0.4, -0.2) is 10.9 Å². The first-order valence-electron chi connectivity index (χ1n) is 6.17. The summed E-state index contributed by atoms with van der Waals surface area (Å²) in [5.41, 5.74) is 1.65. The predicted molar refractivity (Wildman–Crippen MR) is 75.5 cm³/mol. The zero-order valence-corrected chi connectivity index (χ0v) is 10.9. The Morgan fingerprint density at radius 2 is 1.84 bits per heavy atom. The van der Waals surface area contributed by atoms with Crippen LogP contribution in [-0.2, 0) is 0 Å². The van der Waals surface area contributed by atoms with Crippen LogP contribution in [0.5, 0.6) is 0 Å². The van der Waals surface area contributed by atoms with Gasteiger partial charge in [-0.3, -0.25) is 9.59 Å². The highest BCUT2D eigenvalue weighted by molar-refractivity contribution is 6.04. The summed E-state index contributed by atoms with van der Waals surface area (Å²) in [6.07, 6.45) is 1.52. The summed E-state index contributed by atoms with van der Waals surface area (Å²) in [6.45, 7) is 4.19. The minimum Gasteiger partial charge on any atom is -0.327 e. The van der Waals surface area contributed by atoms with E-state index in [-0.39, 0.29) is 17.2 Å². The lowest BCUT2D eigenvalue weighted by atomic mass is 10.0. The topological polar surface area (TPSA) is 62.0 Å². The summed E-state index contributed by atoms with van der Waals surface area (Å²) in [5, 5.41) is 2.59. The number of nitrogens with one attached hydrogen (secondary N) is 2. The lowest BCUT2D eigenvalue weighted by Crippen LogP contribution is -2.19. The van der Waals surface area contributed by atoms with Gasteiger partial charge in [-0.25, -0.2) is 0 Å². The van der Waals surface area contributed by atoms with Crippen molar-refractivity contribution in [3.8, 4) is 0 Å². The molecule has 0 atom stereocenters. The number of hydrogen-bond acceptors (Lipinski definition) is 2. The number of rotatable bonds is 3. The number of carbonyl (C=O) groups is 1. The zero-order chi connectivity index (χ0) is 13.8. The lowest BCUT2D eigenvalue weighted by Gasteiger charge is -2.07. The van der Waals surface area contributed by atoms with E-state index in [4.69, 9.17) is 0 Å². The summed E-state index contributed by atoms with van der Waals surface area (Å²) >= 11 is 0. The molecule has 0 aliphatic carbocycles. The van der Waals surface area contributed by atoms with E-state index in [1.165, 1.54) is 11.8 Å². The number of pyridine rings is 1. The van der Waals surface area contributed by atoms with Crippen molar-refractivity contribution in [2.45, 2.75) is 19.8 Å². The maximum Gasteiger partial charge on any atom is 0.271 e. The third-order valence-corrected chi connectivity index (χ3v) is 2.91. The van der Waals surface area contributed by atoms with Gasteiger partial charge in [0.25, 0.3) is 11.5 Å². The Morgan fingerprint density at radius 3 is 2.42 bits per heavy atom. The van der Waals surface area contributed by atoms with Crippen LogP contribution in [0.15, 0.2) is 47.4 Å². The Labute approximate surface area is 111 Å². The van der Waals surface area contributed by atoms with Crippen LogP contribution >= 0.6 is 0 Å². The number of benzene rings is 1. The smallest absolute Gasteiger partial charge is 0.271 e. The molecule has 4 nitrogen and oxygen atoms in total. The molecule has 1 aromatic carbocycles. The minimum atomic E-state index is -0.311.